The van der Waals surface area contributed by atoms with Gasteiger partial charge < -0.3 is 5.73 Å². The third-order valence-corrected chi connectivity index (χ3v) is 4.30. The van der Waals surface area contributed by atoms with E-state index in [4.69, 9.17) is 5.73 Å². The summed E-state index contributed by atoms with van der Waals surface area (Å²) in [6.07, 6.45) is -0.271. The molecule has 0 bridgehead atoms. The zero-order valence-corrected chi connectivity index (χ0v) is 10.9. The van der Waals surface area contributed by atoms with Gasteiger partial charge in [0.2, 0.25) is 5.92 Å². The first-order chi connectivity index (χ1) is 8.97. The fourth-order valence-electron chi connectivity index (χ4n) is 3.30. The Labute approximate surface area is 111 Å². The minimum absolute atomic E-state index is 0.135. The van der Waals surface area contributed by atoms with Crippen LogP contribution in [0.5, 0.6) is 0 Å². The molecule has 0 aliphatic heterocycles. The number of aryl methyl sites for hydroxylation is 1. The summed E-state index contributed by atoms with van der Waals surface area (Å²) in [7, 11) is 0. The lowest BCUT2D eigenvalue weighted by molar-refractivity contribution is -0.123. The van der Waals surface area contributed by atoms with E-state index >= 15 is 0 Å². The van der Waals surface area contributed by atoms with Crippen molar-refractivity contribution in [2.45, 2.75) is 31.1 Å². The van der Waals surface area contributed by atoms with Crippen LogP contribution in [0.15, 0.2) is 36.4 Å². The molecule has 0 aromatic heterocycles. The van der Waals surface area contributed by atoms with Gasteiger partial charge in [-0.25, -0.2) is 8.78 Å². The number of alkyl halides is 2. The van der Waals surface area contributed by atoms with Crippen LogP contribution in [0.2, 0.25) is 0 Å². The molecule has 19 heavy (non-hydrogen) atoms. The SMILES string of the molecule is Cc1ccc(C2(CN)CC(F)(F)C2)c2ccccc12. The van der Waals surface area contributed by atoms with E-state index in [1.807, 2.05) is 43.3 Å². The topological polar surface area (TPSA) is 26.0 Å². The molecular formula is C16H17F2N. The van der Waals surface area contributed by atoms with E-state index in [1.165, 1.54) is 0 Å². The molecule has 100 valence electrons. The van der Waals surface area contributed by atoms with Crippen LogP contribution in [0.3, 0.4) is 0 Å². The van der Waals surface area contributed by atoms with Gasteiger partial charge in [0.1, 0.15) is 0 Å². The van der Waals surface area contributed by atoms with Crippen molar-refractivity contribution in [2.75, 3.05) is 6.54 Å². The lowest BCUT2D eigenvalue weighted by atomic mass is 9.61. The molecule has 0 amide bonds. The van der Waals surface area contributed by atoms with Gasteiger partial charge in [0.15, 0.2) is 0 Å². The Balaban J connectivity index is 2.18. The van der Waals surface area contributed by atoms with Crippen LogP contribution < -0.4 is 5.73 Å². The van der Waals surface area contributed by atoms with Crippen molar-refractivity contribution < 1.29 is 8.78 Å². The van der Waals surface area contributed by atoms with E-state index in [1.54, 1.807) is 0 Å². The molecule has 1 saturated carbocycles. The number of benzene rings is 2. The third-order valence-electron chi connectivity index (χ3n) is 4.30. The van der Waals surface area contributed by atoms with Gasteiger partial charge in [0.05, 0.1) is 0 Å². The molecule has 0 atom stereocenters. The molecule has 1 nitrogen and oxygen atoms in total. The second-order valence-electron chi connectivity index (χ2n) is 5.67. The van der Waals surface area contributed by atoms with Crippen LogP contribution in [0, 0.1) is 6.92 Å². The highest BCUT2D eigenvalue weighted by Gasteiger charge is 2.56. The largest absolute Gasteiger partial charge is 0.330 e. The summed E-state index contributed by atoms with van der Waals surface area (Å²) < 4.78 is 26.7. The Morgan fingerprint density at radius 2 is 1.68 bits per heavy atom. The first-order valence-electron chi connectivity index (χ1n) is 6.54. The monoisotopic (exact) mass is 261 g/mol. The van der Waals surface area contributed by atoms with Crippen molar-refractivity contribution in [3.63, 3.8) is 0 Å². The maximum Gasteiger partial charge on any atom is 0.250 e. The van der Waals surface area contributed by atoms with E-state index in [0.717, 1.165) is 21.9 Å². The molecule has 0 radical (unpaired) electrons. The molecule has 0 saturated heterocycles. The van der Waals surface area contributed by atoms with Gasteiger partial charge in [-0.15, -0.1) is 0 Å². The molecule has 2 aromatic carbocycles. The fourth-order valence-corrected chi connectivity index (χ4v) is 3.30. The van der Waals surface area contributed by atoms with E-state index in [0.29, 0.717) is 0 Å². The summed E-state index contributed by atoms with van der Waals surface area (Å²) in [4.78, 5) is 0. The molecule has 1 aliphatic rings. The second-order valence-corrected chi connectivity index (χ2v) is 5.67. The fraction of sp³-hybridized carbons (Fsp3) is 0.375. The maximum absolute atomic E-state index is 13.3. The van der Waals surface area contributed by atoms with Crippen LogP contribution in [0.1, 0.15) is 24.0 Å². The number of rotatable bonds is 2. The van der Waals surface area contributed by atoms with Gasteiger partial charge in [-0.1, -0.05) is 36.4 Å². The minimum Gasteiger partial charge on any atom is -0.330 e. The van der Waals surface area contributed by atoms with Crippen LogP contribution >= 0.6 is 0 Å². The van der Waals surface area contributed by atoms with Crippen molar-refractivity contribution in [2.24, 2.45) is 5.73 Å². The highest BCUT2D eigenvalue weighted by atomic mass is 19.3. The maximum atomic E-state index is 13.3. The number of hydrogen-bond donors (Lipinski definition) is 1. The van der Waals surface area contributed by atoms with Crippen molar-refractivity contribution in [3.05, 3.63) is 47.5 Å². The summed E-state index contributed by atoms with van der Waals surface area (Å²) >= 11 is 0. The van der Waals surface area contributed by atoms with Gasteiger partial charge in [0.25, 0.3) is 0 Å². The normalized spacial score (nSPS) is 20.2. The van der Waals surface area contributed by atoms with Crippen molar-refractivity contribution in [3.8, 4) is 0 Å². The Hall–Kier alpha value is -1.48. The molecule has 1 fully saturated rings. The molecule has 0 heterocycles. The van der Waals surface area contributed by atoms with Crippen molar-refractivity contribution in [1.29, 1.82) is 0 Å². The molecule has 3 heteroatoms. The Kier molecular flexibility index (Phi) is 2.65. The summed E-state index contributed by atoms with van der Waals surface area (Å²) in [5.74, 6) is -2.56. The smallest absolute Gasteiger partial charge is 0.250 e. The van der Waals surface area contributed by atoms with E-state index < -0.39 is 11.3 Å². The highest BCUT2D eigenvalue weighted by molar-refractivity contribution is 5.89. The summed E-state index contributed by atoms with van der Waals surface area (Å²) in [5.41, 5.74) is 7.40. The number of fused-ring (bicyclic) bond motifs is 1. The van der Waals surface area contributed by atoms with E-state index in [2.05, 4.69) is 0 Å². The lowest BCUT2D eigenvalue weighted by Gasteiger charge is -2.47. The van der Waals surface area contributed by atoms with Crippen molar-refractivity contribution >= 4 is 10.8 Å². The predicted octanol–water partition coefficient (Wildman–Crippen LogP) is 3.77. The van der Waals surface area contributed by atoms with Crippen LogP contribution in [0.4, 0.5) is 8.78 Å². The van der Waals surface area contributed by atoms with Gasteiger partial charge in [0, 0.05) is 24.8 Å². The molecule has 2 N–H and O–H groups in total. The number of hydrogen-bond acceptors (Lipinski definition) is 1. The first kappa shape index (κ1) is 12.5. The standard InChI is InChI=1S/C16H17F2N/c1-11-6-7-14(13-5-3-2-4-12(11)13)15(10-19)8-16(17,18)9-15/h2-7H,8-10,19H2,1H3. The van der Waals surface area contributed by atoms with Gasteiger partial charge >= 0.3 is 0 Å². The molecule has 2 aromatic rings. The summed E-state index contributed by atoms with van der Waals surface area (Å²) in [6.45, 7) is 2.31. The first-order valence-corrected chi connectivity index (χ1v) is 6.54. The molecule has 0 unspecified atom stereocenters. The zero-order chi connectivity index (χ0) is 13.7. The second kappa shape index (κ2) is 4.01. The molecule has 0 spiro atoms. The summed E-state index contributed by atoms with van der Waals surface area (Å²) in [6, 6.07) is 11.9. The number of nitrogens with two attached hydrogens (primary N) is 1. The zero-order valence-electron chi connectivity index (χ0n) is 10.9. The van der Waals surface area contributed by atoms with Crippen molar-refractivity contribution in [1.82, 2.24) is 0 Å². The van der Waals surface area contributed by atoms with Gasteiger partial charge in [-0.05, 0) is 28.8 Å². The van der Waals surface area contributed by atoms with E-state index in [-0.39, 0.29) is 19.4 Å². The molecule has 1 aliphatic carbocycles. The van der Waals surface area contributed by atoms with Crippen LogP contribution in [0.25, 0.3) is 10.8 Å². The van der Waals surface area contributed by atoms with E-state index in [9.17, 15) is 8.78 Å². The predicted molar refractivity (Wildman–Crippen MR) is 73.6 cm³/mol. The van der Waals surface area contributed by atoms with Gasteiger partial charge in [-0.3, -0.25) is 0 Å². The average molecular weight is 261 g/mol. The summed E-state index contributed by atoms with van der Waals surface area (Å²) in [5, 5.41) is 2.19. The average Bonchev–Trinajstić information content (AvgIpc) is 2.36. The van der Waals surface area contributed by atoms with Gasteiger partial charge in [-0.2, -0.15) is 0 Å². The van der Waals surface area contributed by atoms with Crippen LogP contribution in [-0.4, -0.2) is 12.5 Å². The molecular weight excluding hydrogens is 244 g/mol. The highest BCUT2D eigenvalue weighted by Crippen LogP contribution is 2.54. The minimum atomic E-state index is -2.56. The Morgan fingerprint density at radius 3 is 2.26 bits per heavy atom. The Bertz CT molecular complexity index is 626. The lowest BCUT2D eigenvalue weighted by Crippen LogP contribution is -2.53. The third kappa shape index (κ3) is 1.84. The number of halogens is 2. The quantitative estimate of drug-likeness (QED) is 0.875. The molecule has 3 rings (SSSR count). The van der Waals surface area contributed by atoms with Crippen LogP contribution in [-0.2, 0) is 5.41 Å². The Morgan fingerprint density at radius 1 is 1.05 bits per heavy atom.